The summed E-state index contributed by atoms with van der Waals surface area (Å²) in [6.07, 6.45) is 3.61. The quantitative estimate of drug-likeness (QED) is 0.342. The van der Waals surface area contributed by atoms with Gasteiger partial charge in [-0.3, -0.25) is 0 Å². The van der Waals surface area contributed by atoms with Crippen molar-refractivity contribution < 1.29 is 4.74 Å². The Balaban J connectivity index is 0.00000338. The van der Waals surface area contributed by atoms with Crippen molar-refractivity contribution in [3.63, 3.8) is 0 Å². The molecule has 1 saturated heterocycles. The molecule has 1 aromatic carbocycles. The minimum Gasteiger partial charge on any atom is -0.378 e. The van der Waals surface area contributed by atoms with Crippen LogP contribution in [0.3, 0.4) is 0 Å². The summed E-state index contributed by atoms with van der Waals surface area (Å²) in [5, 5.41) is 3.29. The van der Waals surface area contributed by atoms with E-state index in [9.17, 15) is 0 Å². The van der Waals surface area contributed by atoms with E-state index in [1.807, 2.05) is 0 Å². The molecule has 0 spiro atoms. The Morgan fingerprint density at radius 3 is 2.42 bits per heavy atom. The third-order valence-electron chi connectivity index (χ3n) is 4.56. The van der Waals surface area contributed by atoms with Gasteiger partial charge in [0.2, 0.25) is 0 Å². The van der Waals surface area contributed by atoms with Crippen LogP contribution in [0.4, 0.5) is 5.69 Å². The number of nitrogens with one attached hydrogen (secondary N) is 1. The first-order chi connectivity index (χ1) is 12.0. The maximum absolute atomic E-state index is 6.02. The second kappa shape index (κ2) is 12.4. The van der Waals surface area contributed by atoms with Crippen LogP contribution in [0.5, 0.6) is 0 Å². The minimum atomic E-state index is 0. The topological polar surface area (TPSA) is 62.9 Å². The van der Waals surface area contributed by atoms with Crippen molar-refractivity contribution in [3.8, 4) is 0 Å². The lowest BCUT2D eigenvalue weighted by atomic mass is 10.0. The smallest absolute Gasteiger partial charge is 0.189 e. The van der Waals surface area contributed by atoms with Gasteiger partial charge in [-0.1, -0.05) is 38.8 Å². The fraction of sp³-hybridized carbons (Fsp3) is 0.650. The number of halogens is 1. The Bertz CT molecular complexity index is 527. The Kier molecular flexibility index (Phi) is 11.0. The van der Waals surface area contributed by atoms with Gasteiger partial charge in [-0.15, -0.1) is 24.0 Å². The lowest BCUT2D eigenvalue weighted by Gasteiger charge is -2.28. The SMILES string of the molecule is CC(C)CCCC(C)NC(N)=NCc1ccc(N2CCOCC2)cc1.I. The van der Waals surface area contributed by atoms with Crippen molar-refractivity contribution >= 4 is 35.6 Å². The molecule has 1 aliphatic rings. The molecule has 0 aliphatic carbocycles. The Morgan fingerprint density at radius 1 is 1.15 bits per heavy atom. The van der Waals surface area contributed by atoms with Gasteiger partial charge in [0.1, 0.15) is 0 Å². The van der Waals surface area contributed by atoms with Crippen LogP contribution in [-0.2, 0) is 11.3 Å². The van der Waals surface area contributed by atoms with Crippen molar-refractivity contribution in [2.75, 3.05) is 31.2 Å². The molecular weight excluding hydrogens is 439 g/mol. The molecule has 1 fully saturated rings. The number of hydrogen-bond donors (Lipinski definition) is 2. The first-order valence-corrected chi connectivity index (χ1v) is 9.52. The van der Waals surface area contributed by atoms with Gasteiger partial charge in [-0.2, -0.15) is 0 Å². The summed E-state index contributed by atoms with van der Waals surface area (Å²) in [5.74, 6) is 1.30. The number of nitrogens with two attached hydrogens (primary N) is 1. The predicted octanol–water partition coefficient (Wildman–Crippen LogP) is 3.76. The second-order valence-electron chi connectivity index (χ2n) is 7.34. The molecule has 0 saturated carbocycles. The van der Waals surface area contributed by atoms with Crippen LogP contribution in [0.15, 0.2) is 29.3 Å². The van der Waals surface area contributed by atoms with Gasteiger partial charge < -0.3 is 20.7 Å². The molecular formula is C20H35IN4O. The normalized spacial score (nSPS) is 16.3. The molecule has 2 rings (SSSR count). The van der Waals surface area contributed by atoms with Gasteiger partial charge in [0.05, 0.1) is 19.8 Å². The summed E-state index contributed by atoms with van der Waals surface area (Å²) in [7, 11) is 0. The van der Waals surface area contributed by atoms with Crippen LogP contribution in [0.25, 0.3) is 0 Å². The number of hydrogen-bond acceptors (Lipinski definition) is 3. The molecule has 1 unspecified atom stereocenters. The zero-order chi connectivity index (χ0) is 18.1. The van der Waals surface area contributed by atoms with Gasteiger partial charge in [0.15, 0.2) is 5.96 Å². The van der Waals surface area contributed by atoms with Crippen LogP contribution in [-0.4, -0.2) is 38.3 Å². The van der Waals surface area contributed by atoms with Gasteiger partial charge in [0.25, 0.3) is 0 Å². The van der Waals surface area contributed by atoms with E-state index < -0.39 is 0 Å². The first kappa shape index (κ1) is 23.0. The summed E-state index contributed by atoms with van der Waals surface area (Å²) in [6, 6.07) is 8.95. The van der Waals surface area contributed by atoms with E-state index in [2.05, 4.69) is 60.2 Å². The second-order valence-corrected chi connectivity index (χ2v) is 7.34. The standard InChI is InChI=1S/C20H34N4O.HI/c1-16(2)5-4-6-17(3)23-20(21)22-15-18-7-9-19(10-8-18)24-11-13-25-14-12-24;/h7-10,16-17H,4-6,11-15H2,1-3H3,(H3,21,22,23);1H. The number of rotatable bonds is 8. The summed E-state index contributed by atoms with van der Waals surface area (Å²) < 4.78 is 5.40. The van der Waals surface area contributed by atoms with E-state index in [-0.39, 0.29) is 24.0 Å². The molecule has 1 aliphatic heterocycles. The van der Waals surface area contributed by atoms with E-state index in [0.717, 1.165) is 38.6 Å². The van der Waals surface area contributed by atoms with Crippen molar-refractivity contribution in [3.05, 3.63) is 29.8 Å². The van der Waals surface area contributed by atoms with Crippen molar-refractivity contribution in [1.29, 1.82) is 0 Å². The van der Waals surface area contributed by atoms with Crippen LogP contribution < -0.4 is 16.0 Å². The number of aliphatic imine (C=N–C) groups is 1. The zero-order valence-corrected chi connectivity index (χ0v) is 18.7. The lowest BCUT2D eigenvalue weighted by molar-refractivity contribution is 0.122. The number of morpholine rings is 1. The Hall–Kier alpha value is -1.02. The Morgan fingerprint density at radius 2 is 1.81 bits per heavy atom. The molecule has 148 valence electrons. The van der Waals surface area contributed by atoms with Gasteiger partial charge in [-0.05, 0) is 37.0 Å². The maximum Gasteiger partial charge on any atom is 0.189 e. The summed E-state index contributed by atoms with van der Waals surface area (Å²) >= 11 is 0. The highest BCUT2D eigenvalue weighted by Gasteiger charge is 2.10. The highest BCUT2D eigenvalue weighted by molar-refractivity contribution is 14.0. The highest BCUT2D eigenvalue weighted by atomic mass is 127. The zero-order valence-electron chi connectivity index (χ0n) is 16.4. The lowest BCUT2D eigenvalue weighted by Crippen LogP contribution is -2.38. The van der Waals surface area contributed by atoms with E-state index in [1.54, 1.807) is 0 Å². The molecule has 0 amide bonds. The molecule has 1 aromatic rings. The van der Waals surface area contributed by atoms with Gasteiger partial charge >= 0.3 is 0 Å². The van der Waals surface area contributed by atoms with Crippen molar-refractivity contribution in [2.24, 2.45) is 16.6 Å². The number of benzene rings is 1. The van der Waals surface area contributed by atoms with Crippen LogP contribution in [0.2, 0.25) is 0 Å². The van der Waals surface area contributed by atoms with Crippen molar-refractivity contribution in [2.45, 2.75) is 52.6 Å². The number of guanidine groups is 1. The molecule has 3 N–H and O–H groups in total. The molecule has 0 aromatic heterocycles. The van der Waals surface area contributed by atoms with E-state index >= 15 is 0 Å². The maximum atomic E-state index is 6.02. The molecule has 5 nitrogen and oxygen atoms in total. The average Bonchev–Trinajstić information content (AvgIpc) is 2.61. The van der Waals surface area contributed by atoms with Crippen molar-refractivity contribution in [1.82, 2.24) is 5.32 Å². The minimum absolute atomic E-state index is 0. The molecule has 1 heterocycles. The third-order valence-corrected chi connectivity index (χ3v) is 4.56. The van der Waals surface area contributed by atoms with Gasteiger partial charge in [-0.25, -0.2) is 4.99 Å². The van der Waals surface area contributed by atoms with Crippen LogP contribution in [0, 0.1) is 5.92 Å². The number of nitrogens with zero attached hydrogens (tertiary/aromatic N) is 2. The highest BCUT2D eigenvalue weighted by Crippen LogP contribution is 2.17. The number of ether oxygens (including phenoxy) is 1. The molecule has 0 bridgehead atoms. The average molecular weight is 474 g/mol. The van der Waals surface area contributed by atoms with E-state index in [0.29, 0.717) is 18.5 Å². The van der Waals surface area contributed by atoms with Gasteiger partial charge in [0, 0.05) is 24.8 Å². The first-order valence-electron chi connectivity index (χ1n) is 9.52. The fourth-order valence-corrected chi connectivity index (χ4v) is 3.01. The summed E-state index contributed by atoms with van der Waals surface area (Å²) in [6.45, 7) is 10.8. The molecule has 6 heteroatoms. The van der Waals surface area contributed by atoms with E-state index in [1.165, 1.54) is 24.1 Å². The molecule has 26 heavy (non-hydrogen) atoms. The molecule has 1 atom stereocenters. The van der Waals surface area contributed by atoms with Crippen LogP contribution in [0.1, 0.15) is 45.6 Å². The fourth-order valence-electron chi connectivity index (χ4n) is 3.01. The Labute approximate surface area is 175 Å². The summed E-state index contributed by atoms with van der Waals surface area (Å²) in [5.41, 5.74) is 8.44. The largest absolute Gasteiger partial charge is 0.378 e. The number of anilines is 1. The summed E-state index contributed by atoms with van der Waals surface area (Å²) in [4.78, 5) is 6.82. The molecule has 0 radical (unpaired) electrons. The predicted molar refractivity (Wildman–Crippen MR) is 122 cm³/mol. The monoisotopic (exact) mass is 474 g/mol. The van der Waals surface area contributed by atoms with Crippen LogP contribution >= 0.6 is 24.0 Å². The van der Waals surface area contributed by atoms with E-state index in [4.69, 9.17) is 10.5 Å². The third kappa shape index (κ3) is 8.58.